The van der Waals surface area contributed by atoms with E-state index in [4.69, 9.17) is 4.74 Å². The van der Waals surface area contributed by atoms with Gasteiger partial charge in [0, 0.05) is 6.54 Å². The first-order valence-electron chi connectivity index (χ1n) is 8.14. The summed E-state index contributed by atoms with van der Waals surface area (Å²) in [4.78, 5) is 14.0. The van der Waals surface area contributed by atoms with Gasteiger partial charge in [-0.05, 0) is 64.5 Å². The zero-order chi connectivity index (χ0) is 14.6. The van der Waals surface area contributed by atoms with Crippen molar-refractivity contribution in [1.29, 1.82) is 0 Å². The van der Waals surface area contributed by atoms with Crippen LogP contribution in [0.3, 0.4) is 0 Å². The molecule has 0 radical (unpaired) electrons. The number of carbonyl (C=O) groups excluding carboxylic acids is 1. The highest BCUT2D eigenvalue weighted by molar-refractivity contribution is 5.72. The molecule has 0 aromatic heterocycles. The normalized spacial score (nSPS) is 33.0. The third kappa shape index (κ3) is 4.19. The largest absolute Gasteiger partial charge is 0.466 e. The molecule has 0 amide bonds. The molecule has 1 heterocycles. The quantitative estimate of drug-likeness (QED) is 0.804. The summed E-state index contributed by atoms with van der Waals surface area (Å²) in [6.45, 7) is 7.17. The molecular weight excluding hydrogens is 254 g/mol. The maximum atomic E-state index is 11.7. The van der Waals surface area contributed by atoms with E-state index in [1.807, 2.05) is 6.92 Å². The molecule has 0 bridgehead atoms. The molecule has 0 aromatic carbocycles. The van der Waals surface area contributed by atoms with Crippen LogP contribution in [0.5, 0.6) is 0 Å². The summed E-state index contributed by atoms with van der Waals surface area (Å²) in [5.74, 6) is 0.773. The molecule has 116 valence electrons. The van der Waals surface area contributed by atoms with Gasteiger partial charge in [0.2, 0.25) is 0 Å². The molecule has 0 spiro atoms. The van der Waals surface area contributed by atoms with Crippen molar-refractivity contribution in [3.63, 3.8) is 0 Å². The van der Waals surface area contributed by atoms with Gasteiger partial charge in [0.15, 0.2) is 0 Å². The Kier molecular flexibility index (Phi) is 5.44. The van der Waals surface area contributed by atoms with Crippen LogP contribution in [0.2, 0.25) is 0 Å². The van der Waals surface area contributed by atoms with E-state index >= 15 is 0 Å². The molecule has 1 aliphatic carbocycles. The van der Waals surface area contributed by atoms with E-state index < -0.39 is 5.60 Å². The summed E-state index contributed by atoms with van der Waals surface area (Å²) in [5.41, 5.74) is -0.497. The van der Waals surface area contributed by atoms with Crippen LogP contribution in [-0.2, 0) is 9.53 Å². The smallest absolute Gasteiger partial charge is 0.309 e. The number of carbonyl (C=O) groups is 1. The Morgan fingerprint density at radius 3 is 2.40 bits per heavy atom. The van der Waals surface area contributed by atoms with Gasteiger partial charge >= 0.3 is 5.97 Å². The number of hydrogen-bond donors (Lipinski definition) is 1. The number of ether oxygens (including phenoxy) is 1. The van der Waals surface area contributed by atoms with Gasteiger partial charge in [-0.15, -0.1) is 0 Å². The van der Waals surface area contributed by atoms with Crippen molar-refractivity contribution in [3.8, 4) is 0 Å². The van der Waals surface area contributed by atoms with Gasteiger partial charge in [-0.25, -0.2) is 0 Å². The Labute approximate surface area is 122 Å². The van der Waals surface area contributed by atoms with Crippen molar-refractivity contribution in [2.24, 2.45) is 11.8 Å². The van der Waals surface area contributed by atoms with Crippen LogP contribution in [0.25, 0.3) is 0 Å². The number of aliphatic hydroxyl groups is 1. The highest BCUT2D eigenvalue weighted by atomic mass is 16.5. The number of β-amino-alcohol motifs (C(OH)–C–C–N with tert-alkyl or cyclic N) is 1. The Hall–Kier alpha value is -0.610. The number of esters is 1. The average molecular weight is 283 g/mol. The summed E-state index contributed by atoms with van der Waals surface area (Å²) in [6.07, 6.45) is 5.85. The number of likely N-dealkylation sites (tertiary alicyclic amines) is 1. The first kappa shape index (κ1) is 15.8. The van der Waals surface area contributed by atoms with Crippen molar-refractivity contribution >= 4 is 5.97 Å². The summed E-state index contributed by atoms with van der Waals surface area (Å²) >= 11 is 0. The fourth-order valence-electron chi connectivity index (χ4n) is 3.46. The van der Waals surface area contributed by atoms with Crippen LogP contribution >= 0.6 is 0 Å². The van der Waals surface area contributed by atoms with Crippen LogP contribution in [0.1, 0.15) is 52.4 Å². The number of piperidine rings is 1. The Morgan fingerprint density at radius 1 is 1.25 bits per heavy atom. The van der Waals surface area contributed by atoms with Gasteiger partial charge < -0.3 is 14.7 Å². The lowest BCUT2D eigenvalue weighted by molar-refractivity contribution is -0.150. The van der Waals surface area contributed by atoms with Crippen molar-refractivity contribution in [3.05, 3.63) is 0 Å². The third-order valence-electron chi connectivity index (χ3n) is 4.93. The van der Waals surface area contributed by atoms with Gasteiger partial charge in [0.25, 0.3) is 0 Å². The second kappa shape index (κ2) is 6.90. The van der Waals surface area contributed by atoms with E-state index in [9.17, 15) is 9.90 Å². The van der Waals surface area contributed by atoms with Crippen LogP contribution in [-0.4, -0.2) is 47.8 Å². The van der Waals surface area contributed by atoms with E-state index in [1.54, 1.807) is 0 Å². The maximum Gasteiger partial charge on any atom is 0.309 e. The van der Waals surface area contributed by atoms with Gasteiger partial charge in [-0.1, -0.05) is 6.92 Å². The summed E-state index contributed by atoms with van der Waals surface area (Å²) < 4.78 is 5.09. The molecular formula is C16H29NO3. The molecule has 4 heteroatoms. The molecule has 1 N–H and O–H groups in total. The van der Waals surface area contributed by atoms with Gasteiger partial charge in [-0.3, -0.25) is 4.79 Å². The van der Waals surface area contributed by atoms with Crippen molar-refractivity contribution < 1.29 is 14.6 Å². The van der Waals surface area contributed by atoms with Crippen molar-refractivity contribution in [2.45, 2.75) is 58.0 Å². The average Bonchev–Trinajstić information content (AvgIpc) is 2.43. The maximum absolute atomic E-state index is 11.7. The SMILES string of the molecule is CCOC(=O)C1CCN(CC2(O)CCC(C)CC2)CC1. The van der Waals surface area contributed by atoms with Crippen molar-refractivity contribution in [2.75, 3.05) is 26.2 Å². The van der Waals surface area contributed by atoms with Crippen LogP contribution in [0.4, 0.5) is 0 Å². The van der Waals surface area contributed by atoms with E-state index in [2.05, 4.69) is 11.8 Å². The molecule has 0 unspecified atom stereocenters. The number of nitrogens with zero attached hydrogens (tertiary/aromatic N) is 1. The molecule has 4 nitrogen and oxygen atoms in total. The highest BCUT2D eigenvalue weighted by Gasteiger charge is 2.35. The van der Waals surface area contributed by atoms with Crippen molar-refractivity contribution in [1.82, 2.24) is 4.90 Å². The second-order valence-electron chi connectivity index (χ2n) is 6.71. The van der Waals surface area contributed by atoms with E-state index in [0.29, 0.717) is 6.61 Å². The predicted molar refractivity (Wildman–Crippen MR) is 78.4 cm³/mol. The lowest BCUT2D eigenvalue weighted by Crippen LogP contribution is -2.48. The van der Waals surface area contributed by atoms with Gasteiger partial charge in [-0.2, -0.15) is 0 Å². The van der Waals surface area contributed by atoms with E-state index in [-0.39, 0.29) is 11.9 Å². The van der Waals surface area contributed by atoms with Gasteiger partial charge in [0.1, 0.15) is 0 Å². The molecule has 1 saturated heterocycles. The molecule has 2 aliphatic rings. The zero-order valence-corrected chi connectivity index (χ0v) is 12.9. The minimum atomic E-state index is -0.497. The fourth-order valence-corrected chi connectivity index (χ4v) is 3.46. The fraction of sp³-hybridized carbons (Fsp3) is 0.938. The highest BCUT2D eigenvalue weighted by Crippen LogP contribution is 2.33. The van der Waals surface area contributed by atoms with E-state index in [0.717, 1.165) is 64.1 Å². The molecule has 1 aliphatic heterocycles. The standard InChI is InChI=1S/C16H29NO3/c1-3-20-15(18)14-6-10-17(11-7-14)12-16(19)8-4-13(2)5-9-16/h13-14,19H,3-12H2,1-2H3. The van der Waals surface area contributed by atoms with Gasteiger partial charge in [0.05, 0.1) is 18.1 Å². The lowest BCUT2D eigenvalue weighted by Gasteiger charge is -2.40. The zero-order valence-electron chi connectivity index (χ0n) is 12.9. The first-order valence-corrected chi connectivity index (χ1v) is 8.14. The predicted octanol–water partition coefficient (Wildman–Crippen LogP) is 2.20. The topological polar surface area (TPSA) is 49.8 Å². The third-order valence-corrected chi connectivity index (χ3v) is 4.93. The number of hydrogen-bond acceptors (Lipinski definition) is 4. The second-order valence-corrected chi connectivity index (χ2v) is 6.71. The number of rotatable bonds is 4. The van der Waals surface area contributed by atoms with Crippen LogP contribution in [0.15, 0.2) is 0 Å². The summed E-state index contributed by atoms with van der Waals surface area (Å²) in [5, 5.41) is 10.7. The molecule has 2 fully saturated rings. The molecule has 0 atom stereocenters. The molecule has 0 aromatic rings. The van der Waals surface area contributed by atoms with Crippen LogP contribution < -0.4 is 0 Å². The minimum Gasteiger partial charge on any atom is -0.466 e. The summed E-state index contributed by atoms with van der Waals surface area (Å²) in [7, 11) is 0. The summed E-state index contributed by atoms with van der Waals surface area (Å²) in [6, 6.07) is 0. The minimum absolute atomic E-state index is 0.0441. The monoisotopic (exact) mass is 283 g/mol. The van der Waals surface area contributed by atoms with Crippen LogP contribution in [0, 0.1) is 11.8 Å². The first-order chi connectivity index (χ1) is 9.52. The Bertz CT molecular complexity index is 316. The Morgan fingerprint density at radius 2 is 1.85 bits per heavy atom. The van der Waals surface area contributed by atoms with E-state index in [1.165, 1.54) is 0 Å². The Balaban J connectivity index is 1.75. The molecule has 1 saturated carbocycles. The lowest BCUT2D eigenvalue weighted by atomic mass is 9.79. The molecule has 2 rings (SSSR count). The molecule has 20 heavy (non-hydrogen) atoms.